The zero-order chi connectivity index (χ0) is 23.2. The van der Waals surface area contributed by atoms with Crippen molar-refractivity contribution >= 4 is 16.9 Å². The van der Waals surface area contributed by atoms with Gasteiger partial charge < -0.3 is 9.88 Å². The largest absolute Gasteiger partial charge is 0.416 e. The molecule has 1 fully saturated rings. The van der Waals surface area contributed by atoms with Crippen LogP contribution in [0.25, 0.3) is 16.7 Å². The maximum atomic E-state index is 13.3. The predicted molar refractivity (Wildman–Crippen MR) is 117 cm³/mol. The first kappa shape index (κ1) is 21.2. The molecule has 1 unspecified atom stereocenters. The lowest BCUT2D eigenvalue weighted by molar-refractivity contribution is -0.137. The summed E-state index contributed by atoms with van der Waals surface area (Å²) in [5.74, 6) is 0.783. The molecule has 1 aliphatic rings. The first-order chi connectivity index (χ1) is 15.8. The quantitative estimate of drug-likeness (QED) is 0.470. The van der Waals surface area contributed by atoms with Gasteiger partial charge in [0.05, 0.1) is 39.7 Å². The number of aromatic amines is 1. The van der Waals surface area contributed by atoms with Crippen molar-refractivity contribution in [1.29, 1.82) is 0 Å². The molecule has 0 radical (unpaired) electrons. The van der Waals surface area contributed by atoms with Gasteiger partial charge in [0.15, 0.2) is 0 Å². The van der Waals surface area contributed by atoms with Crippen LogP contribution in [0.3, 0.4) is 0 Å². The van der Waals surface area contributed by atoms with Gasteiger partial charge in [0.2, 0.25) is 0 Å². The summed E-state index contributed by atoms with van der Waals surface area (Å²) in [6.45, 7) is 2.83. The molecule has 2 aromatic heterocycles. The Hall–Kier alpha value is -3.62. The predicted octanol–water partition coefficient (Wildman–Crippen LogP) is 5.10. The van der Waals surface area contributed by atoms with Crippen molar-refractivity contribution in [2.24, 2.45) is 0 Å². The number of carbonyl (C=O) groups is 1. The molecular weight excluding hydrogens is 431 g/mol. The molecule has 1 atom stereocenters. The SMILES string of the molecule is Cc1c(C(=O)N2CCCC(c3nc4ccccc4[nH]3)C2)cnn1-c1cccc(C(F)(F)F)c1. The van der Waals surface area contributed by atoms with Gasteiger partial charge in [0.25, 0.3) is 5.91 Å². The molecule has 0 saturated carbocycles. The lowest BCUT2D eigenvalue weighted by Gasteiger charge is -2.31. The van der Waals surface area contributed by atoms with E-state index >= 15 is 0 Å². The van der Waals surface area contributed by atoms with Crippen LogP contribution >= 0.6 is 0 Å². The van der Waals surface area contributed by atoms with E-state index in [0.29, 0.717) is 24.3 Å². The Labute approximate surface area is 188 Å². The van der Waals surface area contributed by atoms with Gasteiger partial charge in [-0.1, -0.05) is 18.2 Å². The molecule has 0 spiro atoms. The fourth-order valence-corrected chi connectivity index (χ4v) is 4.41. The topological polar surface area (TPSA) is 66.8 Å². The van der Waals surface area contributed by atoms with Gasteiger partial charge in [-0.2, -0.15) is 18.3 Å². The summed E-state index contributed by atoms with van der Waals surface area (Å²) < 4.78 is 40.7. The molecule has 1 amide bonds. The molecule has 3 heterocycles. The highest BCUT2D eigenvalue weighted by Gasteiger charge is 2.32. The minimum Gasteiger partial charge on any atom is -0.342 e. The lowest BCUT2D eigenvalue weighted by Crippen LogP contribution is -2.39. The number of imidazole rings is 1. The molecule has 1 aliphatic heterocycles. The first-order valence-corrected chi connectivity index (χ1v) is 10.8. The van der Waals surface area contributed by atoms with E-state index in [9.17, 15) is 18.0 Å². The summed E-state index contributed by atoms with van der Waals surface area (Å²) >= 11 is 0. The van der Waals surface area contributed by atoms with Crippen LogP contribution in [0.2, 0.25) is 0 Å². The van der Waals surface area contributed by atoms with Crippen LogP contribution < -0.4 is 0 Å². The third-order valence-corrected chi connectivity index (χ3v) is 6.16. The Morgan fingerprint density at radius 3 is 2.76 bits per heavy atom. The second-order valence-corrected chi connectivity index (χ2v) is 8.33. The van der Waals surface area contributed by atoms with Crippen LogP contribution in [0.5, 0.6) is 0 Å². The Morgan fingerprint density at radius 1 is 1.15 bits per heavy atom. The average molecular weight is 453 g/mol. The van der Waals surface area contributed by atoms with Crippen molar-refractivity contribution in [3.05, 3.63) is 77.4 Å². The third kappa shape index (κ3) is 3.99. The Balaban J connectivity index is 1.38. The van der Waals surface area contributed by atoms with E-state index in [-0.39, 0.29) is 17.5 Å². The fraction of sp³-hybridized carbons (Fsp3) is 0.292. The highest BCUT2D eigenvalue weighted by Crippen LogP contribution is 2.31. The van der Waals surface area contributed by atoms with Gasteiger partial charge >= 0.3 is 6.18 Å². The molecular formula is C24H22F3N5O. The van der Waals surface area contributed by atoms with Crippen LogP contribution in [0.1, 0.15) is 46.2 Å². The standard InChI is InChI=1S/C24H22F3N5O/c1-15-19(13-28-32(15)18-8-4-7-17(12-18)24(25,26)27)23(33)31-11-5-6-16(14-31)22-29-20-9-2-3-10-21(20)30-22/h2-4,7-10,12-13,16H,5-6,11,14H2,1H3,(H,29,30). The van der Waals surface area contributed by atoms with E-state index in [0.717, 1.165) is 41.8 Å². The second-order valence-electron chi connectivity index (χ2n) is 8.33. The molecule has 0 aliphatic carbocycles. The molecule has 6 nitrogen and oxygen atoms in total. The smallest absolute Gasteiger partial charge is 0.342 e. The summed E-state index contributed by atoms with van der Waals surface area (Å²) in [5.41, 5.74) is 2.26. The summed E-state index contributed by atoms with van der Waals surface area (Å²) in [7, 11) is 0. The van der Waals surface area contributed by atoms with Crippen LogP contribution in [-0.2, 0) is 6.18 Å². The number of carbonyl (C=O) groups excluding carboxylic acids is 1. The number of benzene rings is 2. The highest BCUT2D eigenvalue weighted by atomic mass is 19.4. The molecule has 4 aromatic rings. The Bertz CT molecular complexity index is 1290. The minimum absolute atomic E-state index is 0.0916. The lowest BCUT2D eigenvalue weighted by atomic mass is 9.96. The summed E-state index contributed by atoms with van der Waals surface area (Å²) in [6, 6.07) is 12.7. The van der Waals surface area contributed by atoms with Crippen molar-refractivity contribution in [3.63, 3.8) is 0 Å². The molecule has 2 aromatic carbocycles. The zero-order valence-electron chi connectivity index (χ0n) is 17.9. The Morgan fingerprint density at radius 2 is 1.97 bits per heavy atom. The van der Waals surface area contributed by atoms with Crippen molar-refractivity contribution < 1.29 is 18.0 Å². The number of alkyl halides is 3. The number of para-hydroxylation sites is 2. The number of fused-ring (bicyclic) bond motifs is 1. The number of H-pyrrole nitrogens is 1. The van der Waals surface area contributed by atoms with Crippen molar-refractivity contribution in [2.75, 3.05) is 13.1 Å². The van der Waals surface area contributed by atoms with Gasteiger partial charge in [0.1, 0.15) is 5.82 Å². The molecule has 0 bridgehead atoms. The Kier molecular flexibility index (Phi) is 5.19. The van der Waals surface area contributed by atoms with Gasteiger partial charge in [-0.3, -0.25) is 4.79 Å². The van der Waals surface area contributed by atoms with E-state index in [1.165, 1.54) is 16.9 Å². The molecule has 33 heavy (non-hydrogen) atoms. The zero-order valence-corrected chi connectivity index (χ0v) is 17.9. The van der Waals surface area contributed by atoms with Crippen molar-refractivity contribution in [1.82, 2.24) is 24.6 Å². The maximum absolute atomic E-state index is 13.3. The number of nitrogens with one attached hydrogen (secondary N) is 1. The average Bonchev–Trinajstić information content (AvgIpc) is 3.42. The van der Waals surface area contributed by atoms with Gasteiger partial charge in [-0.25, -0.2) is 9.67 Å². The molecule has 9 heteroatoms. The summed E-state index contributed by atoms with van der Waals surface area (Å²) in [4.78, 5) is 23.1. The number of halogens is 3. The van der Waals surface area contributed by atoms with Gasteiger partial charge in [-0.05, 0) is 50.1 Å². The molecule has 5 rings (SSSR count). The number of likely N-dealkylation sites (tertiary alicyclic amines) is 1. The third-order valence-electron chi connectivity index (χ3n) is 6.16. The van der Waals surface area contributed by atoms with Crippen LogP contribution in [-0.4, -0.2) is 43.6 Å². The number of aromatic nitrogens is 4. The monoisotopic (exact) mass is 453 g/mol. The van der Waals surface area contributed by atoms with E-state index in [1.807, 2.05) is 24.3 Å². The van der Waals surface area contributed by atoms with Crippen molar-refractivity contribution in [3.8, 4) is 5.69 Å². The number of piperidine rings is 1. The van der Waals surface area contributed by atoms with Crippen molar-refractivity contribution in [2.45, 2.75) is 31.9 Å². The fourth-order valence-electron chi connectivity index (χ4n) is 4.41. The van der Waals surface area contributed by atoms with E-state index in [4.69, 9.17) is 4.98 Å². The van der Waals surface area contributed by atoms with E-state index in [1.54, 1.807) is 17.9 Å². The first-order valence-electron chi connectivity index (χ1n) is 10.8. The summed E-state index contributed by atoms with van der Waals surface area (Å²) in [5, 5.41) is 4.21. The second kappa shape index (κ2) is 8.06. The number of nitrogens with zero attached hydrogens (tertiary/aromatic N) is 4. The normalized spacial score (nSPS) is 17.0. The van der Waals surface area contributed by atoms with Crippen LogP contribution in [0.4, 0.5) is 13.2 Å². The number of amides is 1. The van der Waals surface area contributed by atoms with Gasteiger partial charge in [-0.15, -0.1) is 0 Å². The molecule has 1 N–H and O–H groups in total. The summed E-state index contributed by atoms with van der Waals surface area (Å²) in [6.07, 6.45) is -1.25. The number of rotatable bonds is 3. The van der Waals surface area contributed by atoms with Gasteiger partial charge in [0, 0.05) is 19.0 Å². The molecule has 170 valence electrons. The molecule has 1 saturated heterocycles. The maximum Gasteiger partial charge on any atom is 0.416 e. The van der Waals surface area contributed by atoms with E-state index < -0.39 is 11.7 Å². The number of hydrogen-bond acceptors (Lipinski definition) is 3. The van der Waals surface area contributed by atoms with Crippen LogP contribution in [0.15, 0.2) is 54.7 Å². The van der Waals surface area contributed by atoms with E-state index in [2.05, 4.69) is 10.1 Å². The highest BCUT2D eigenvalue weighted by molar-refractivity contribution is 5.95. The minimum atomic E-state index is -4.45. The van der Waals surface area contributed by atoms with Crippen LogP contribution in [0, 0.1) is 6.92 Å². The number of hydrogen-bond donors (Lipinski definition) is 1.